The summed E-state index contributed by atoms with van der Waals surface area (Å²) in [5.74, 6) is 0.991. The lowest BCUT2D eigenvalue weighted by Gasteiger charge is -2.06. The molecule has 0 amide bonds. The van der Waals surface area contributed by atoms with E-state index in [0.29, 0.717) is 0 Å². The van der Waals surface area contributed by atoms with E-state index in [1.807, 2.05) is 39.8 Å². The Morgan fingerprint density at radius 2 is 1.90 bits per heavy atom. The monoisotopic (exact) mass is 140 g/mol. The molecule has 0 aromatic heterocycles. The number of allylic oxidation sites excluding steroid dienone is 3. The molecule has 1 heteroatoms. The van der Waals surface area contributed by atoms with Gasteiger partial charge < -0.3 is 4.74 Å². The molecule has 0 N–H and O–H groups in total. The van der Waals surface area contributed by atoms with Crippen LogP contribution in [-0.2, 0) is 4.74 Å². The van der Waals surface area contributed by atoms with Crippen LogP contribution >= 0.6 is 0 Å². The van der Waals surface area contributed by atoms with Crippen molar-refractivity contribution >= 4 is 0 Å². The van der Waals surface area contributed by atoms with Gasteiger partial charge in [-0.3, -0.25) is 0 Å². The van der Waals surface area contributed by atoms with E-state index in [1.165, 1.54) is 5.57 Å². The van der Waals surface area contributed by atoms with Crippen LogP contribution < -0.4 is 0 Å². The fourth-order valence-corrected chi connectivity index (χ4v) is 0.723. The van der Waals surface area contributed by atoms with Gasteiger partial charge in [0.25, 0.3) is 0 Å². The van der Waals surface area contributed by atoms with Crippen molar-refractivity contribution < 1.29 is 4.74 Å². The van der Waals surface area contributed by atoms with Crippen LogP contribution in [0.2, 0.25) is 0 Å². The van der Waals surface area contributed by atoms with Gasteiger partial charge in [0.15, 0.2) is 0 Å². The van der Waals surface area contributed by atoms with Crippen LogP contribution in [0.15, 0.2) is 23.5 Å². The lowest BCUT2D eigenvalue weighted by molar-refractivity contribution is 0.237. The fourth-order valence-electron chi connectivity index (χ4n) is 0.723. The Morgan fingerprint density at radius 3 is 2.20 bits per heavy atom. The van der Waals surface area contributed by atoms with Gasteiger partial charge in [-0.1, -0.05) is 6.08 Å². The van der Waals surface area contributed by atoms with Crippen molar-refractivity contribution in [3.05, 3.63) is 23.5 Å². The Hall–Kier alpha value is -0.720. The zero-order valence-electron chi connectivity index (χ0n) is 7.27. The van der Waals surface area contributed by atoms with E-state index in [2.05, 4.69) is 0 Å². The topological polar surface area (TPSA) is 9.23 Å². The predicted octanol–water partition coefficient (Wildman–Crippen LogP) is 2.89. The van der Waals surface area contributed by atoms with Gasteiger partial charge in [-0.2, -0.15) is 0 Å². The van der Waals surface area contributed by atoms with E-state index in [9.17, 15) is 0 Å². The largest absolute Gasteiger partial charge is 0.494 e. The van der Waals surface area contributed by atoms with Gasteiger partial charge in [0.2, 0.25) is 0 Å². The van der Waals surface area contributed by atoms with Gasteiger partial charge in [-0.05, 0) is 39.3 Å². The summed E-state index contributed by atoms with van der Waals surface area (Å²) in [4.78, 5) is 0. The van der Waals surface area contributed by atoms with Crippen LogP contribution in [0.5, 0.6) is 0 Å². The highest BCUT2D eigenvalue weighted by Crippen LogP contribution is 2.09. The molecule has 0 aliphatic carbocycles. The van der Waals surface area contributed by atoms with Gasteiger partial charge in [0.1, 0.15) is 5.76 Å². The SMILES string of the molecule is C/C=C(OCC)/C(C)=C/C. The number of hydrogen-bond acceptors (Lipinski definition) is 1. The summed E-state index contributed by atoms with van der Waals surface area (Å²) >= 11 is 0. The Balaban J connectivity index is 4.09. The van der Waals surface area contributed by atoms with Crippen molar-refractivity contribution in [2.24, 2.45) is 0 Å². The molecule has 10 heavy (non-hydrogen) atoms. The van der Waals surface area contributed by atoms with Crippen molar-refractivity contribution in [1.82, 2.24) is 0 Å². The molecule has 0 radical (unpaired) electrons. The third-order valence-corrected chi connectivity index (χ3v) is 1.38. The van der Waals surface area contributed by atoms with Gasteiger partial charge in [-0.15, -0.1) is 0 Å². The van der Waals surface area contributed by atoms with E-state index in [1.54, 1.807) is 0 Å². The van der Waals surface area contributed by atoms with Crippen molar-refractivity contribution in [2.45, 2.75) is 27.7 Å². The first kappa shape index (κ1) is 9.28. The minimum absolute atomic E-state index is 0.741. The van der Waals surface area contributed by atoms with Crippen molar-refractivity contribution in [1.29, 1.82) is 0 Å². The van der Waals surface area contributed by atoms with Crippen LogP contribution in [-0.4, -0.2) is 6.61 Å². The Labute approximate surface area is 63.4 Å². The zero-order valence-corrected chi connectivity index (χ0v) is 7.27. The first-order chi connectivity index (χ1) is 4.76. The molecule has 1 nitrogen and oxygen atoms in total. The van der Waals surface area contributed by atoms with Crippen molar-refractivity contribution in [3.8, 4) is 0 Å². The number of hydrogen-bond donors (Lipinski definition) is 0. The zero-order chi connectivity index (χ0) is 7.98. The second kappa shape index (κ2) is 5.10. The molecule has 0 unspecified atom stereocenters. The fraction of sp³-hybridized carbons (Fsp3) is 0.556. The van der Waals surface area contributed by atoms with Crippen LogP contribution in [0.3, 0.4) is 0 Å². The summed E-state index contributed by atoms with van der Waals surface area (Å²) in [6.07, 6.45) is 4.03. The summed E-state index contributed by atoms with van der Waals surface area (Å²) in [5, 5.41) is 0. The number of ether oxygens (including phenoxy) is 1. The summed E-state index contributed by atoms with van der Waals surface area (Å²) in [6, 6.07) is 0. The number of rotatable bonds is 3. The maximum Gasteiger partial charge on any atom is 0.117 e. The summed E-state index contributed by atoms with van der Waals surface area (Å²) < 4.78 is 5.34. The molecule has 0 aromatic rings. The standard InChI is InChI=1S/C9H16O/c1-5-8(4)9(6-2)10-7-3/h5-6H,7H2,1-4H3/b8-5+,9-6-. The van der Waals surface area contributed by atoms with Crippen LogP contribution in [0.25, 0.3) is 0 Å². The second-order valence-corrected chi connectivity index (χ2v) is 2.06. The molecule has 0 fully saturated rings. The normalized spacial score (nSPS) is 13.6. The minimum Gasteiger partial charge on any atom is -0.494 e. The lowest BCUT2D eigenvalue weighted by Crippen LogP contribution is -1.91. The maximum atomic E-state index is 5.34. The summed E-state index contributed by atoms with van der Waals surface area (Å²) in [7, 11) is 0. The molecule has 58 valence electrons. The molecular weight excluding hydrogens is 124 g/mol. The molecule has 0 aliphatic rings. The van der Waals surface area contributed by atoms with E-state index in [-0.39, 0.29) is 0 Å². The molecule has 0 aliphatic heterocycles. The molecule has 0 bridgehead atoms. The predicted molar refractivity (Wildman–Crippen MR) is 44.8 cm³/mol. The quantitative estimate of drug-likeness (QED) is 0.432. The van der Waals surface area contributed by atoms with Crippen LogP contribution in [0.1, 0.15) is 27.7 Å². The van der Waals surface area contributed by atoms with Gasteiger partial charge in [0, 0.05) is 0 Å². The first-order valence-electron chi connectivity index (χ1n) is 3.68. The van der Waals surface area contributed by atoms with E-state index in [0.717, 1.165) is 12.4 Å². The highest BCUT2D eigenvalue weighted by Gasteiger charge is 1.94. The Kier molecular flexibility index (Phi) is 4.73. The third-order valence-electron chi connectivity index (χ3n) is 1.38. The molecular formula is C9H16O. The minimum atomic E-state index is 0.741. The molecule has 0 saturated carbocycles. The van der Waals surface area contributed by atoms with E-state index < -0.39 is 0 Å². The highest BCUT2D eigenvalue weighted by molar-refractivity contribution is 5.22. The smallest absolute Gasteiger partial charge is 0.117 e. The van der Waals surface area contributed by atoms with Gasteiger partial charge in [-0.25, -0.2) is 0 Å². The Morgan fingerprint density at radius 1 is 1.30 bits per heavy atom. The molecule has 0 spiro atoms. The molecule has 0 atom stereocenters. The van der Waals surface area contributed by atoms with Gasteiger partial charge in [0.05, 0.1) is 6.61 Å². The van der Waals surface area contributed by atoms with Crippen molar-refractivity contribution in [2.75, 3.05) is 6.61 Å². The summed E-state index contributed by atoms with van der Waals surface area (Å²) in [6.45, 7) is 8.78. The second-order valence-electron chi connectivity index (χ2n) is 2.06. The van der Waals surface area contributed by atoms with Crippen molar-refractivity contribution in [3.63, 3.8) is 0 Å². The Bertz CT molecular complexity index is 143. The third kappa shape index (κ3) is 2.72. The van der Waals surface area contributed by atoms with Gasteiger partial charge >= 0.3 is 0 Å². The average Bonchev–Trinajstić information content (AvgIpc) is 1.99. The molecule has 0 heterocycles. The molecule has 0 aromatic carbocycles. The lowest BCUT2D eigenvalue weighted by atomic mass is 10.2. The van der Waals surface area contributed by atoms with E-state index >= 15 is 0 Å². The average molecular weight is 140 g/mol. The summed E-state index contributed by atoms with van der Waals surface area (Å²) in [5.41, 5.74) is 1.20. The first-order valence-corrected chi connectivity index (χ1v) is 3.68. The highest BCUT2D eigenvalue weighted by atomic mass is 16.5. The molecule has 0 rings (SSSR count). The maximum absolute atomic E-state index is 5.34. The van der Waals surface area contributed by atoms with Crippen LogP contribution in [0.4, 0.5) is 0 Å². The van der Waals surface area contributed by atoms with Crippen LogP contribution in [0, 0.1) is 0 Å². The molecule has 0 saturated heterocycles. The van der Waals surface area contributed by atoms with E-state index in [4.69, 9.17) is 4.74 Å².